The van der Waals surface area contributed by atoms with Gasteiger partial charge in [-0.1, -0.05) is 11.6 Å². The molecule has 1 aromatic heterocycles. The van der Waals surface area contributed by atoms with Gasteiger partial charge in [-0.2, -0.15) is 0 Å². The van der Waals surface area contributed by atoms with Crippen molar-refractivity contribution in [2.24, 2.45) is 0 Å². The van der Waals surface area contributed by atoms with Gasteiger partial charge < -0.3 is 14.4 Å². The summed E-state index contributed by atoms with van der Waals surface area (Å²) in [6.45, 7) is 2.11. The van der Waals surface area contributed by atoms with Crippen molar-refractivity contribution < 1.29 is 14.3 Å². The molecule has 158 valence electrons. The van der Waals surface area contributed by atoms with Gasteiger partial charge in [0.25, 0.3) is 0 Å². The Labute approximate surface area is 185 Å². The monoisotopic (exact) mass is 444 g/mol. The zero-order valence-corrected chi connectivity index (χ0v) is 18.5. The van der Waals surface area contributed by atoms with E-state index >= 15 is 0 Å². The van der Waals surface area contributed by atoms with Crippen LogP contribution in [0.25, 0.3) is 10.2 Å². The maximum atomic E-state index is 12.5. The second-order valence-electron chi connectivity index (χ2n) is 7.45. The first-order valence-corrected chi connectivity index (χ1v) is 11.4. The average Bonchev–Trinajstić information content (AvgIpc) is 3.20. The summed E-state index contributed by atoms with van der Waals surface area (Å²) in [5, 5.41) is 1.88. The molecule has 4 rings (SSSR count). The molecule has 7 heteroatoms. The van der Waals surface area contributed by atoms with Crippen molar-refractivity contribution in [3.63, 3.8) is 0 Å². The van der Waals surface area contributed by atoms with Crippen molar-refractivity contribution in [3.05, 3.63) is 52.5 Å². The van der Waals surface area contributed by atoms with E-state index < -0.39 is 0 Å². The molecule has 0 aliphatic carbocycles. The Morgan fingerprint density at radius 2 is 1.90 bits per heavy atom. The lowest BCUT2D eigenvalue weighted by Gasteiger charge is -2.31. The zero-order chi connectivity index (χ0) is 20.9. The summed E-state index contributed by atoms with van der Waals surface area (Å²) in [6, 6.07) is 13.3. The minimum absolute atomic E-state index is 0.211. The SMILES string of the molecule is COc1ccc(OCCCC(=O)N2CCC(c3nc4cc(Cl)ccc4s3)CC2)cc1. The highest BCUT2D eigenvalue weighted by atomic mass is 35.5. The number of thiazole rings is 1. The van der Waals surface area contributed by atoms with E-state index in [0.717, 1.165) is 53.0 Å². The molecule has 1 amide bonds. The van der Waals surface area contributed by atoms with Crippen LogP contribution in [0, 0.1) is 0 Å². The van der Waals surface area contributed by atoms with Crippen molar-refractivity contribution in [2.45, 2.75) is 31.6 Å². The number of hydrogen-bond donors (Lipinski definition) is 0. The minimum Gasteiger partial charge on any atom is -0.497 e. The van der Waals surface area contributed by atoms with Crippen LogP contribution in [0.4, 0.5) is 0 Å². The number of likely N-dealkylation sites (tertiary alicyclic amines) is 1. The van der Waals surface area contributed by atoms with Gasteiger partial charge in [-0.3, -0.25) is 4.79 Å². The molecule has 0 unspecified atom stereocenters. The Morgan fingerprint density at radius 1 is 1.17 bits per heavy atom. The predicted octanol–water partition coefficient (Wildman–Crippen LogP) is 5.52. The number of rotatable bonds is 7. The summed E-state index contributed by atoms with van der Waals surface area (Å²) in [7, 11) is 1.64. The third-order valence-electron chi connectivity index (χ3n) is 5.43. The molecule has 1 saturated heterocycles. The first kappa shape index (κ1) is 20.9. The molecule has 2 heterocycles. The Morgan fingerprint density at radius 3 is 2.63 bits per heavy atom. The highest BCUT2D eigenvalue weighted by Gasteiger charge is 2.25. The van der Waals surface area contributed by atoms with E-state index in [4.69, 9.17) is 26.1 Å². The van der Waals surface area contributed by atoms with E-state index in [9.17, 15) is 4.79 Å². The van der Waals surface area contributed by atoms with Crippen LogP contribution in [0.15, 0.2) is 42.5 Å². The highest BCUT2D eigenvalue weighted by molar-refractivity contribution is 7.18. The van der Waals surface area contributed by atoms with E-state index in [0.29, 0.717) is 25.4 Å². The molecule has 1 aliphatic rings. The van der Waals surface area contributed by atoms with Gasteiger partial charge in [0.15, 0.2) is 0 Å². The number of halogens is 1. The molecule has 0 spiro atoms. The fraction of sp³-hybridized carbons (Fsp3) is 0.391. The van der Waals surface area contributed by atoms with Crippen LogP contribution in [0.5, 0.6) is 11.5 Å². The Balaban J connectivity index is 1.20. The van der Waals surface area contributed by atoms with Gasteiger partial charge in [0, 0.05) is 30.5 Å². The molecule has 2 aromatic carbocycles. The lowest BCUT2D eigenvalue weighted by Crippen LogP contribution is -2.37. The van der Waals surface area contributed by atoms with Crippen molar-refractivity contribution in [1.29, 1.82) is 0 Å². The zero-order valence-electron chi connectivity index (χ0n) is 17.0. The van der Waals surface area contributed by atoms with Gasteiger partial charge in [-0.25, -0.2) is 4.98 Å². The number of ether oxygens (including phenoxy) is 2. The number of methoxy groups -OCH3 is 1. The molecule has 30 heavy (non-hydrogen) atoms. The van der Waals surface area contributed by atoms with E-state index in [-0.39, 0.29) is 5.91 Å². The summed E-state index contributed by atoms with van der Waals surface area (Å²) in [4.78, 5) is 19.3. The summed E-state index contributed by atoms with van der Waals surface area (Å²) >= 11 is 7.81. The molecular weight excluding hydrogens is 420 g/mol. The largest absolute Gasteiger partial charge is 0.497 e. The summed E-state index contributed by atoms with van der Waals surface area (Å²) in [5.74, 6) is 2.23. The lowest BCUT2D eigenvalue weighted by molar-refractivity contribution is -0.132. The third kappa shape index (κ3) is 5.05. The average molecular weight is 445 g/mol. The van der Waals surface area contributed by atoms with E-state index in [2.05, 4.69) is 0 Å². The lowest BCUT2D eigenvalue weighted by atomic mass is 9.97. The van der Waals surface area contributed by atoms with Gasteiger partial charge in [0.2, 0.25) is 5.91 Å². The first-order chi connectivity index (χ1) is 14.6. The predicted molar refractivity (Wildman–Crippen MR) is 121 cm³/mol. The second-order valence-corrected chi connectivity index (χ2v) is 8.95. The van der Waals surface area contributed by atoms with Crippen molar-refractivity contribution >= 4 is 39.1 Å². The second kappa shape index (κ2) is 9.67. The van der Waals surface area contributed by atoms with Crippen LogP contribution in [-0.4, -0.2) is 42.6 Å². The van der Waals surface area contributed by atoms with Crippen LogP contribution in [0.1, 0.15) is 36.6 Å². The van der Waals surface area contributed by atoms with E-state index in [1.54, 1.807) is 18.4 Å². The molecular formula is C23H25ClN2O3S. The maximum Gasteiger partial charge on any atom is 0.222 e. The third-order valence-corrected chi connectivity index (χ3v) is 6.86. The van der Waals surface area contributed by atoms with Crippen molar-refractivity contribution in [1.82, 2.24) is 9.88 Å². The number of hydrogen-bond acceptors (Lipinski definition) is 5. The quantitative estimate of drug-likeness (QED) is 0.450. The summed E-state index contributed by atoms with van der Waals surface area (Å²) in [5.41, 5.74) is 0.970. The van der Waals surface area contributed by atoms with Crippen molar-refractivity contribution in [3.8, 4) is 11.5 Å². The molecule has 0 N–H and O–H groups in total. The van der Waals surface area contributed by atoms with Crippen LogP contribution in [0.3, 0.4) is 0 Å². The molecule has 5 nitrogen and oxygen atoms in total. The smallest absolute Gasteiger partial charge is 0.222 e. The number of amides is 1. The Kier molecular flexibility index (Phi) is 6.75. The normalized spacial score (nSPS) is 14.8. The molecule has 0 atom stereocenters. The Hall–Kier alpha value is -2.31. The first-order valence-electron chi connectivity index (χ1n) is 10.2. The van der Waals surface area contributed by atoms with Gasteiger partial charge in [0.1, 0.15) is 11.5 Å². The fourth-order valence-electron chi connectivity index (χ4n) is 3.71. The molecule has 0 bridgehead atoms. The number of fused-ring (bicyclic) bond motifs is 1. The number of benzene rings is 2. The van der Waals surface area contributed by atoms with Crippen LogP contribution in [0.2, 0.25) is 5.02 Å². The topological polar surface area (TPSA) is 51.7 Å². The molecule has 0 saturated carbocycles. The number of aromatic nitrogens is 1. The number of nitrogens with zero attached hydrogens (tertiary/aromatic N) is 2. The molecule has 1 fully saturated rings. The van der Waals surface area contributed by atoms with Gasteiger partial charge in [-0.15, -0.1) is 11.3 Å². The molecule has 1 aliphatic heterocycles. The van der Waals surface area contributed by atoms with Crippen LogP contribution in [-0.2, 0) is 4.79 Å². The number of piperidine rings is 1. The standard InChI is InChI=1S/C23H25ClN2O3S/c1-28-18-5-7-19(8-6-18)29-14-2-3-22(27)26-12-10-16(11-13-26)23-25-20-15-17(24)4-9-21(20)30-23/h4-9,15-16H,2-3,10-14H2,1H3. The van der Waals surface area contributed by atoms with Crippen LogP contribution >= 0.6 is 22.9 Å². The molecule has 3 aromatic rings. The minimum atomic E-state index is 0.211. The maximum absolute atomic E-state index is 12.5. The van der Waals surface area contributed by atoms with E-state index in [1.165, 1.54) is 4.70 Å². The van der Waals surface area contributed by atoms with Crippen LogP contribution < -0.4 is 9.47 Å². The van der Waals surface area contributed by atoms with Gasteiger partial charge >= 0.3 is 0 Å². The van der Waals surface area contributed by atoms with Gasteiger partial charge in [0.05, 0.1) is 28.9 Å². The number of carbonyl (C=O) groups is 1. The fourth-order valence-corrected chi connectivity index (χ4v) is 5.00. The summed E-state index contributed by atoms with van der Waals surface area (Å²) in [6.07, 6.45) is 3.15. The Bertz CT molecular complexity index is 997. The van der Waals surface area contributed by atoms with E-state index in [1.807, 2.05) is 47.4 Å². The highest BCUT2D eigenvalue weighted by Crippen LogP contribution is 2.34. The van der Waals surface area contributed by atoms with Crippen molar-refractivity contribution in [2.75, 3.05) is 26.8 Å². The van der Waals surface area contributed by atoms with Gasteiger partial charge in [-0.05, 0) is 61.7 Å². The summed E-state index contributed by atoms with van der Waals surface area (Å²) < 4.78 is 12.0. The molecule has 0 radical (unpaired) electrons. The number of carbonyl (C=O) groups excluding carboxylic acids is 1.